The molecule has 2 rings (SSSR count). The first-order chi connectivity index (χ1) is 14.5. The normalized spacial score (nSPS) is 11.5. The number of methoxy groups -OCH3 is 2. The predicted octanol–water partition coefficient (Wildman–Crippen LogP) is 3.58. The molecule has 30 heavy (non-hydrogen) atoms. The molecule has 6 nitrogen and oxygen atoms in total. The van der Waals surface area contributed by atoms with Crippen LogP contribution in [0.25, 0.3) is 0 Å². The molecular formula is C24H32N2O4. The highest BCUT2D eigenvalue weighted by Crippen LogP contribution is 2.27. The Morgan fingerprint density at radius 2 is 1.70 bits per heavy atom. The van der Waals surface area contributed by atoms with E-state index in [9.17, 15) is 9.59 Å². The Balaban J connectivity index is 1.98. The van der Waals surface area contributed by atoms with E-state index in [1.807, 2.05) is 55.5 Å². The van der Waals surface area contributed by atoms with Crippen LogP contribution in [0.1, 0.15) is 37.8 Å². The molecule has 2 aromatic rings. The van der Waals surface area contributed by atoms with Gasteiger partial charge in [0, 0.05) is 19.5 Å². The van der Waals surface area contributed by atoms with E-state index in [2.05, 4.69) is 5.32 Å². The van der Waals surface area contributed by atoms with Crippen molar-refractivity contribution in [3.05, 3.63) is 59.7 Å². The number of hydrogen-bond acceptors (Lipinski definition) is 4. The van der Waals surface area contributed by atoms with Gasteiger partial charge in [-0.2, -0.15) is 0 Å². The average Bonchev–Trinajstić information content (AvgIpc) is 2.77. The van der Waals surface area contributed by atoms with Crippen molar-refractivity contribution in [2.24, 2.45) is 0 Å². The van der Waals surface area contributed by atoms with Crippen LogP contribution >= 0.6 is 0 Å². The standard InChI is InChI=1S/C24H32N2O4/c1-5-9-23(27)26(17-20-10-7-6-8-11-20)18(2)24(28)25-15-14-19-12-13-21(29-3)22(16-19)30-4/h6-8,10-13,16,18H,5,9,14-15,17H2,1-4H3,(H,25,28). The third-order valence-corrected chi connectivity index (χ3v) is 4.99. The van der Waals surface area contributed by atoms with E-state index in [4.69, 9.17) is 9.47 Å². The minimum absolute atomic E-state index is 0.0103. The van der Waals surface area contributed by atoms with Crippen molar-refractivity contribution in [2.45, 2.75) is 45.7 Å². The number of nitrogens with one attached hydrogen (secondary N) is 1. The van der Waals surface area contributed by atoms with Crippen LogP contribution < -0.4 is 14.8 Å². The molecule has 2 aromatic carbocycles. The SMILES string of the molecule is CCCC(=O)N(Cc1ccccc1)C(C)C(=O)NCCc1ccc(OC)c(OC)c1. The number of nitrogens with zero attached hydrogens (tertiary/aromatic N) is 1. The largest absolute Gasteiger partial charge is 0.493 e. The summed E-state index contributed by atoms with van der Waals surface area (Å²) in [7, 11) is 3.19. The second-order valence-electron chi connectivity index (χ2n) is 7.16. The van der Waals surface area contributed by atoms with E-state index in [1.54, 1.807) is 26.0 Å². The minimum Gasteiger partial charge on any atom is -0.493 e. The molecule has 0 aliphatic carbocycles. The third kappa shape index (κ3) is 6.51. The van der Waals surface area contributed by atoms with Gasteiger partial charge in [-0.1, -0.05) is 43.3 Å². The van der Waals surface area contributed by atoms with Gasteiger partial charge in [0.05, 0.1) is 14.2 Å². The van der Waals surface area contributed by atoms with Crippen LogP contribution in [0.4, 0.5) is 0 Å². The summed E-state index contributed by atoms with van der Waals surface area (Å²) in [5.41, 5.74) is 2.04. The van der Waals surface area contributed by atoms with Gasteiger partial charge in [-0.05, 0) is 43.0 Å². The average molecular weight is 413 g/mol. The zero-order chi connectivity index (χ0) is 21.9. The van der Waals surface area contributed by atoms with E-state index in [-0.39, 0.29) is 11.8 Å². The molecule has 1 unspecified atom stereocenters. The third-order valence-electron chi connectivity index (χ3n) is 4.99. The highest BCUT2D eigenvalue weighted by Gasteiger charge is 2.25. The molecule has 2 amide bonds. The lowest BCUT2D eigenvalue weighted by molar-refractivity contribution is -0.140. The summed E-state index contributed by atoms with van der Waals surface area (Å²) in [5, 5.41) is 2.96. The molecule has 1 N–H and O–H groups in total. The number of carbonyl (C=O) groups excluding carboxylic acids is 2. The zero-order valence-electron chi connectivity index (χ0n) is 18.3. The lowest BCUT2D eigenvalue weighted by Gasteiger charge is -2.28. The van der Waals surface area contributed by atoms with Crippen molar-refractivity contribution in [3.8, 4) is 11.5 Å². The van der Waals surface area contributed by atoms with Gasteiger partial charge in [0.2, 0.25) is 11.8 Å². The molecule has 162 valence electrons. The van der Waals surface area contributed by atoms with Gasteiger partial charge in [0.1, 0.15) is 6.04 Å². The van der Waals surface area contributed by atoms with E-state index in [1.165, 1.54) is 0 Å². The van der Waals surface area contributed by atoms with Gasteiger partial charge in [-0.15, -0.1) is 0 Å². The van der Waals surface area contributed by atoms with Gasteiger partial charge >= 0.3 is 0 Å². The van der Waals surface area contributed by atoms with Crippen LogP contribution in [0, 0.1) is 0 Å². The molecule has 0 saturated carbocycles. The van der Waals surface area contributed by atoms with E-state index < -0.39 is 6.04 Å². The lowest BCUT2D eigenvalue weighted by atomic mass is 10.1. The summed E-state index contributed by atoms with van der Waals surface area (Å²) in [4.78, 5) is 27.0. The Morgan fingerprint density at radius 3 is 2.33 bits per heavy atom. The van der Waals surface area contributed by atoms with Crippen LogP contribution in [0.3, 0.4) is 0 Å². The topological polar surface area (TPSA) is 67.9 Å². The number of amides is 2. The molecule has 0 fully saturated rings. The van der Waals surface area contributed by atoms with Gasteiger partial charge in [-0.3, -0.25) is 9.59 Å². The highest BCUT2D eigenvalue weighted by atomic mass is 16.5. The summed E-state index contributed by atoms with van der Waals surface area (Å²) < 4.78 is 10.6. The molecular weight excluding hydrogens is 380 g/mol. The maximum atomic E-state index is 12.7. The molecule has 0 aromatic heterocycles. The minimum atomic E-state index is -0.547. The molecule has 1 atom stereocenters. The number of carbonyl (C=O) groups is 2. The maximum absolute atomic E-state index is 12.7. The molecule has 0 radical (unpaired) electrons. The number of ether oxygens (including phenoxy) is 2. The first-order valence-electron chi connectivity index (χ1n) is 10.3. The molecule has 6 heteroatoms. The van der Waals surface area contributed by atoms with Crippen molar-refractivity contribution in [3.63, 3.8) is 0 Å². The highest BCUT2D eigenvalue weighted by molar-refractivity contribution is 5.87. The van der Waals surface area contributed by atoms with Crippen molar-refractivity contribution in [2.75, 3.05) is 20.8 Å². The molecule has 0 aliphatic heterocycles. The fourth-order valence-corrected chi connectivity index (χ4v) is 3.23. The van der Waals surface area contributed by atoms with E-state index >= 15 is 0 Å². The van der Waals surface area contributed by atoms with Crippen LogP contribution in [-0.4, -0.2) is 43.5 Å². The van der Waals surface area contributed by atoms with Gasteiger partial charge < -0.3 is 19.7 Å². The summed E-state index contributed by atoms with van der Waals surface area (Å²) in [5.74, 6) is 1.17. The van der Waals surface area contributed by atoms with Gasteiger partial charge in [0.25, 0.3) is 0 Å². The van der Waals surface area contributed by atoms with Crippen molar-refractivity contribution in [1.29, 1.82) is 0 Å². The Hall–Kier alpha value is -3.02. The van der Waals surface area contributed by atoms with Crippen molar-refractivity contribution in [1.82, 2.24) is 10.2 Å². The van der Waals surface area contributed by atoms with Crippen LogP contribution in [0.5, 0.6) is 11.5 Å². The molecule has 0 spiro atoms. The van der Waals surface area contributed by atoms with Gasteiger partial charge in [0.15, 0.2) is 11.5 Å². The first kappa shape index (κ1) is 23.3. The quantitative estimate of drug-likeness (QED) is 0.613. The Bertz CT molecular complexity index is 823. The van der Waals surface area contributed by atoms with Crippen molar-refractivity contribution < 1.29 is 19.1 Å². The second kappa shape index (κ2) is 11.9. The Labute approximate surface area is 179 Å². The summed E-state index contributed by atoms with van der Waals surface area (Å²) >= 11 is 0. The number of rotatable bonds is 11. The zero-order valence-corrected chi connectivity index (χ0v) is 18.3. The van der Waals surface area contributed by atoms with E-state index in [0.29, 0.717) is 37.4 Å². The summed E-state index contributed by atoms with van der Waals surface area (Å²) in [6, 6.07) is 14.9. The first-order valence-corrected chi connectivity index (χ1v) is 10.3. The monoisotopic (exact) mass is 412 g/mol. The van der Waals surface area contributed by atoms with Gasteiger partial charge in [-0.25, -0.2) is 0 Å². The predicted molar refractivity (Wildman–Crippen MR) is 118 cm³/mol. The molecule has 0 saturated heterocycles. The maximum Gasteiger partial charge on any atom is 0.242 e. The van der Waals surface area contributed by atoms with Crippen LogP contribution in [0.15, 0.2) is 48.5 Å². The van der Waals surface area contributed by atoms with E-state index in [0.717, 1.165) is 17.5 Å². The summed E-state index contributed by atoms with van der Waals surface area (Å²) in [6.45, 7) is 4.64. The van der Waals surface area contributed by atoms with Crippen LogP contribution in [-0.2, 0) is 22.6 Å². The van der Waals surface area contributed by atoms with Crippen molar-refractivity contribution >= 4 is 11.8 Å². The molecule has 0 heterocycles. The Morgan fingerprint density at radius 1 is 1.00 bits per heavy atom. The number of hydrogen-bond donors (Lipinski definition) is 1. The fraction of sp³-hybridized carbons (Fsp3) is 0.417. The molecule has 0 bridgehead atoms. The Kier molecular flexibility index (Phi) is 9.19. The number of benzene rings is 2. The molecule has 0 aliphatic rings. The fourth-order valence-electron chi connectivity index (χ4n) is 3.23. The lowest BCUT2D eigenvalue weighted by Crippen LogP contribution is -2.47. The smallest absolute Gasteiger partial charge is 0.242 e. The van der Waals surface area contributed by atoms with Crippen LogP contribution in [0.2, 0.25) is 0 Å². The second-order valence-corrected chi connectivity index (χ2v) is 7.16. The summed E-state index contributed by atoms with van der Waals surface area (Å²) in [6.07, 6.45) is 1.83.